The van der Waals surface area contributed by atoms with Gasteiger partial charge in [-0.3, -0.25) is 4.31 Å². The normalized spacial score (nSPS) is 12.1. The summed E-state index contributed by atoms with van der Waals surface area (Å²) < 4.78 is 63.9. The molecule has 0 saturated heterocycles. The fourth-order valence-corrected chi connectivity index (χ4v) is 5.17. The van der Waals surface area contributed by atoms with Gasteiger partial charge in [0.1, 0.15) is 17.3 Å². The monoisotopic (exact) mass is 475 g/mol. The molecule has 0 aromatic heterocycles. The van der Waals surface area contributed by atoms with Crippen molar-refractivity contribution in [2.24, 2.45) is 0 Å². The predicted molar refractivity (Wildman–Crippen MR) is 124 cm³/mol. The van der Waals surface area contributed by atoms with E-state index in [-0.39, 0.29) is 4.90 Å². The highest BCUT2D eigenvalue weighted by Gasteiger charge is 2.33. The predicted octanol–water partition coefficient (Wildman–Crippen LogP) is 4.82. The maximum absolute atomic E-state index is 13.8. The summed E-state index contributed by atoms with van der Waals surface area (Å²) in [6.07, 6.45) is 0. The van der Waals surface area contributed by atoms with Crippen LogP contribution in [0.4, 0.5) is 10.1 Å². The number of sulfonamides is 1. The SMILES string of the molecule is COc1ccc(OC)c([C@@H](C)N(c2ccc(OC)c(OC)c2)S(=O)(=O)c2ccc(F)cc2)c1. The molecule has 0 amide bonds. The quantitative estimate of drug-likeness (QED) is 0.442. The van der Waals surface area contributed by atoms with E-state index in [0.29, 0.717) is 34.2 Å². The van der Waals surface area contributed by atoms with Crippen molar-refractivity contribution < 1.29 is 31.8 Å². The molecule has 0 bridgehead atoms. The largest absolute Gasteiger partial charge is 0.497 e. The van der Waals surface area contributed by atoms with Crippen molar-refractivity contribution in [3.63, 3.8) is 0 Å². The molecule has 176 valence electrons. The van der Waals surface area contributed by atoms with Gasteiger partial charge in [-0.15, -0.1) is 0 Å². The molecular formula is C24H26FNO6S. The molecule has 0 aliphatic carbocycles. The van der Waals surface area contributed by atoms with Crippen LogP contribution in [0.3, 0.4) is 0 Å². The zero-order chi connectivity index (χ0) is 24.2. The third-order valence-corrected chi connectivity index (χ3v) is 7.14. The van der Waals surface area contributed by atoms with Gasteiger partial charge in [-0.2, -0.15) is 0 Å². The maximum atomic E-state index is 13.8. The minimum Gasteiger partial charge on any atom is -0.497 e. The number of nitrogens with zero attached hydrogens (tertiary/aromatic N) is 1. The Morgan fingerprint density at radius 3 is 1.94 bits per heavy atom. The lowest BCUT2D eigenvalue weighted by Gasteiger charge is -2.32. The fraction of sp³-hybridized carbons (Fsp3) is 0.250. The molecule has 7 nitrogen and oxygen atoms in total. The molecule has 9 heteroatoms. The van der Waals surface area contributed by atoms with Crippen LogP contribution in [0.1, 0.15) is 18.5 Å². The number of hydrogen-bond acceptors (Lipinski definition) is 6. The van der Waals surface area contributed by atoms with Gasteiger partial charge in [-0.1, -0.05) is 0 Å². The van der Waals surface area contributed by atoms with E-state index in [1.165, 1.54) is 44.9 Å². The molecule has 3 rings (SSSR count). The van der Waals surface area contributed by atoms with Crippen LogP contribution >= 0.6 is 0 Å². The van der Waals surface area contributed by atoms with Crippen molar-refractivity contribution in [1.29, 1.82) is 0 Å². The van der Waals surface area contributed by atoms with Gasteiger partial charge < -0.3 is 18.9 Å². The Labute approximate surface area is 193 Å². The van der Waals surface area contributed by atoms with Gasteiger partial charge in [-0.25, -0.2) is 12.8 Å². The highest BCUT2D eigenvalue weighted by atomic mass is 32.2. The second-order valence-electron chi connectivity index (χ2n) is 7.08. The van der Waals surface area contributed by atoms with Crippen LogP contribution in [0.5, 0.6) is 23.0 Å². The third kappa shape index (κ3) is 4.83. The first kappa shape index (κ1) is 24.2. The summed E-state index contributed by atoms with van der Waals surface area (Å²) in [6.45, 7) is 1.73. The Balaban J connectivity index is 2.25. The van der Waals surface area contributed by atoms with E-state index in [1.54, 1.807) is 43.3 Å². The second kappa shape index (κ2) is 9.99. The highest BCUT2D eigenvalue weighted by Crippen LogP contribution is 2.41. The van der Waals surface area contributed by atoms with Crippen LogP contribution in [0.25, 0.3) is 0 Å². The summed E-state index contributed by atoms with van der Waals surface area (Å²) in [7, 11) is 1.86. The molecule has 0 N–H and O–H groups in total. The number of anilines is 1. The zero-order valence-corrected chi connectivity index (χ0v) is 19.9. The number of halogens is 1. The van der Waals surface area contributed by atoms with Crippen molar-refractivity contribution in [3.05, 3.63) is 72.0 Å². The molecular weight excluding hydrogens is 449 g/mol. The lowest BCUT2D eigenvalue weighted by molar-refractivity contribution is 0.355. The summed E-state index contributed by atoms with van der Waals surface area (Å²) >= 11 is 0. The number of ether oxygens (including phenoxy) is 4. The zero-order valence-electron chi connectivity index (χ0n) is 19.0. The Bertz CT molecular complexity index is 1210. The molecule has 0 fully saturated rings. The van der Waals surface area contributed by atoms with E-state index in [0.717, 1.165) is 12.1 Å². The first-order valence-corrected chi connectivity index (χ1v) is 11.4. The molecule has 33 heavy (non-hydrogen) atoms. The minimum absolute atomic E-state index is 0.0626. The van der Waals surface area contributed by atoms with Crippen molar-refractivity contribution in [2.75, 3.05) is 32.7 Å². The summed E-state index contributed by atoms with van der Waals surface area (Å²) in [4.78, 5) is -0.0626. The summed E-state index contributed by atoms with van der Waals surface area (Å²) in [6, 6.07) is 13.9. The van der Waals surface area contributed by atoms with E-state index >= 15 is 0 Å². The molecule has 0 unspecified atom stereocenters. The van der Waals surface area contributed by atoms with Crippen LogP contribution in [0.2, 0.25) is 0 Å². The van der Waals surface area contributed by atoms with E-state index < -0.39 is 21.9 Å². The van der Waals surface area contributed by atoms with Crippen molar-refractivity contribution in [3.8, 4) is 23.0 Å². The Hall–Kier alpha value is -3.46. The molecule has 0 heterocycles. The van der Waals surface area contributed by atoms with E-state index in [9.17, 15) is 12.8 Å². The van der Waals surface area contributed by atoms with Crippen LogP contribution in [0.15, 0.2) is 65.6 Å². The highest BCUT2D eigenvalue weighted by molar-refractivity contribution is 7.92. The number of hydrogen-bond donors (Lipinski definition) is 0. The Morgan fingerprint density at radius 1 is 0.758 bits per heavy atom. The summed E-state index contributed by atoms with van der Waals surface area (Å²) in [5.74, 6) is 1.31. The minimum atomic E-state index is -4.13. The van der Waals surface area contributed by atoms with Gasteiger partial charge in [0.15, 0.2) is 11.5 Å². The Kier molecular flexibility index (Phi) is 7.33. The van der Waals surface area contributed by atoms with Gasteiger partial charge in [0.05, 0.1) is 45.1 Å². The summed E-state index contributed by atoms with van der Waals surface area (Å²) in [5, 5.41) is 0. The molecule has 3 aromatic carbocycles. The van der Waals surface area contributed by atoms with Crippen molar-refractivity contribution in [1.82, 2.24) is 0 Å². The number of methoxy groups -OCH3 is 4. The average molecular weight is 476 g/mol. The van der Waals surface area contributed by atoms with Crippen LogP contribution in [-0.4, -0.2) is 36.9 Å². The molecule has 1 atom stereocenters. The molecule has 0 saturated carbocycles. The van der Waals surface area contributed by atoms with Gasteiger partial charge in [-0.05, 0) is 61.5 Å². The third-order valence-electron chi connectivity index (χ3n) is 5.23. The molecule has 0 radical (unpaired) electrons. The molecule has 0 aliphatic rings. The maximum Gasteiger partial charge on any atom is 0.264 e. The number of benzene rings is 3. The van der Waals surface area contributed by atoms with E-state index in [2.05, 4.69) is 0 Å². The van der Waals surface area contributed by atoms with E-state index in [4.69, 9.17) is 18.9 Å². The van der Waals surface area contributed by atoms with Crippen molar-refractivity contribution >= 4 is 15.7 Å². The molecule has 3 aromatic rings. The first-order valence-electron chi connectivity index (χ1n) is 10.0. The smallest absolute Gasteiger partial charge is 0.264 e. The first-order chi connectivity index (χ1) is 15.8. The lowest BCUT2D eigenvalue weighted by atomic mass is 10.1. The van der Waals surface area contributed by atoms with Crippen LogP contribution in [0, 0.1) is 5.82 Å². The standard InChI is InChI=1S/C24H26FNO6S/c1-16(21-15-19(29-2)9-13-22(21)30-3)26(18-8-12-23(31-4)24(14-18)32-5)33(27,28)20-10-6-17(25)7-11-20/h6-16H,1-5H3/t16-/m1/s1. The van der Waals surface area contributed by atoms with Gasteiger partial charge >= 0.3 is 0 Å². The van der Waals surface area contributed by atoms with Gasteiger partial charge in [0.25, 0.3) is 10.0 Å². The fourth-order valence-electron chi connectivity index (χ4n) is 3.54. The Morgan fingerprint density at radius 2 is 1.36 bits per heavy atom. The molecule has 0 spiro atoms. The number of rotatable bonds is 9. The van der Waals surface area contributed by atoms with Crippen LogP contribution in [-0.2, 0) is 10.0 Å². The van der Waals surface area contributed by atoms with Crippen molar-refractivity contribution in [2.45, 2.75) is 17.9 Å². The lowest BCUT2D eigenvalue weighted by Crippen LogP contribution is -2.34. The van der Waals surface area contributed by atoms with Crippen LogP contribution < -0.4 is 23.3 Å². The summed E-state index contributed by atoms with van der Waals surface area (Å²) in [5.41, 5.74) is 0.909. The topological polar surface area (TPSA) is 74.3 Å². The van der Waals surface area contributed by atoms with Gasteiger partial charge in [0, 0.05) is 11.6 Å². The van der Waals surface area contributed by atoms with Gasteiger partial charge in [0.2, 0.25) is 0 Å². The average Bonchev–Trinajstić information content (AvgIpc) is 2.83. The molecule has 0 aliphatic heterocycles. The van der Waals surface area contributed by atoms with E-state index in [1.807, 2.05) is 0 Å². The second-order valence-corrected chi connectivity index (χ2v) is 8.89.